The number of carbonyl (C=O) groups is 5. The summed E-state index contributed by atoms with van der Waals surface area (Å²) in [4.78, 5) is 72.1. The number of nitrogens with one attached hydrogen (secondary N) is 2. The van der Waals surface area contributed by atoms with E-state index < -0.39 is 23.8 Å². The van der Waals surface area contributed by atoms with E-state index in [1.54, 1.807) is 6.07 Å². The first-order valence-electron chi connectivity index (χ1n) is 19.3. The summed E-state index contributed by atoms with van der Waals surface area (Å²) in [6.07, 6.45) is 6.67. The Hall–Kier alpha value is -5.25. The summed E-state index contributed by atoms with van der Waals surface area (Å²) in [6, 6.07) is 19.1. The van der Waals surface area contributed by atoms with E-state index >= 15 is 0 Å². The molecule has 1 aliphatic carbocycles. The highest BCUT2D eigenvalue weighted by atomic mass is 35.5. The van der Waals surface area contributed by atoms with E-state index in [-0.39, 0.29) is 30.7 Å². The number of piperidine rings is 2. The summed E-state index contributed by atoms with van der Waals surface area (Å²) in [7, 11) is 2.06. The average Bonchev–Trinajstić information content (AvgIpc) is 3.44. The fraction of sp³-hybridized carbons (Fsp3) is 0.429. The number of carbonyl (C=O) groups excluding carboxylic acids is 5. The first-order chi connectivity index (χ1) is 26.6. The van der Waals surface area contributed by atoms with Crippen LogP contribution < -0.4 is 20.4 Å². The molecule has 3 fully saturated rings. The smallest absolute Gasteiger partial charge is 0.262 e. The summed E-state index contributed by atoms with van der Waals surface area (Å²) in [6.45, 7) is 3.35. The number of benzene rings is 3. The Kier molecular flexibility index (Phi) is 10.1. The number of rotatable bonds is 7. The molecule has 5 amide bonds. The summed E-state index contributed by atoms with van der Waals surface area (Å²) in [5, 5.41) is 15.1. The second-order valence-corrected chi connectivity index (χ2v) is 15.9. The molecule has 0 aromatic heterocycles. The number of hydrogen-bond donors (Lipinski definition) is 2. The Morgan fingerprint density at radius 2 is 1.55 bits per heavy atom. The zero-order valence-electron chi connectivity index (χ0n) is 30.9. The predicted molar refractivity (Wildman–Crippen MR) is 207 cm³/mol. The molecular formula is C42H44ClN7O5. The molecule has 4 aliphatic heterocycles. The maximum absolute atomic E-state index is 13.4. The topological polar surface area (TPSA) is 146 Å². The number of halogens is 1. The van der Waals surface area contributed by atoms with Crippen molar-refractivity contribution in [2.45, 2.75) is 88.5 Å². The van der Waals surface area contributed by atoms with Crippen molar-refractivity contribution in [3.63, 3.8) is 0 Å². The van der Waals surface area contributed by atoms with Gasteiger partial charge in [0, 0.05) is 74.7 Å². The Morgan fingerprint density at radius 1 is 0.855 bits per heavy atom. The lowest BCUT2D eigenvalue weighted by Crippen LogP contribution is -2.54. The molecule has 8 rings (SSSR count). The molecule has 0 bridgehead atoms. The number of nitrogens with zero attached hydrogens (tertiary/aromatic N) is 5. The summed E-state index contributed by atoms with van der Waals surface area (Å²) in [5.74, 6) is -1.97. The molecule has 55 heavy (non-hydrogen) atoms. The van der Waals surface area contributed by atoms with Crippen molar-refractivity contribution in [3.8, 4) is 6.07 Å². The van der Waals surface area contributed by atoms with Gasteiger partial charge in [-0.05, 0) is 117 Å². The molecule has 1 atom stereocenters. The van der Waals surface area contributed by atoms with Crippen LogP contribution in [0.4, 0.5) is 11.4 Å². The van der Waals surface area contributed by atoms with Gasteiger partial charge in [0.1, 0.15) is 12.1 Å². The fourth-order valence-electron chi connectivity index (χ4n) is 9.07. The molecule has 4 heterocycles. The van der Waals surface area contributed by atoms with Crippen LogP contribution in [0.25, 0.3) is 0 Å². The van der Waals surface area contributed by atoms with Gasteiger partial charge in [-0.2, -0.15) is 5.26 Å². The summed E-state index contributed by atoms with van der Waals surface area (Å²) >= 11 is 6.27. The van der Waals surface area contributed by atoms with Gasteiger partial charge in [-0.15, -0.1) is 0 Å². The maximum Gasteiger partial charge on any atom is 0.262 e. The summed E-state index contributed by atoms with van der Waals surface area (Å²) in [5.41, 5.74) is 6.01. The Labute approximate surface area is 325 Å². The summed E-state index contributed by atoms with van der Waals surface area (Å²) < 4.78 is 0. The van der Waals surface area contributed by atoms with Gasteiger partial charge < -0.3 is 15.1 Å². The van der Waals surface area contributed by atoms with E-state index in [0.717, 1.165) is 92.0 Å². The molecule has 12 nitrogen and oxygen atoms in total. The van der Waals surface area contributed by atoms with Gasteiger partial charge in [-0.1, -0.05) is 11.6 Å². The number of fused-ring (bicyclic) bond motifs is 2. The zero-order valence-corrected chi connectivity index (χ0v) is 31.6. The molecule has 0 radical (unpaired) electrons. The zero-order chi connectivity index (χ0) is 38.4. The van der Waals surface area contributed by atoms with Gasteiger partial charge in [0.05, 0.1) is 21.7 Å². The van der Waals surface area contributed by atoms with E-state index in [0.29, 0.717) is 45.9 Å². The van der Waals surface area contributed by atoms with Crippen molar-refractivity contribution in [1.29, 1.82) is 5.26 Å². The lowest BCUT2D eigenvalue weighted by Gasteiger charge is -2.41. The van der Waals surface area contributed by atoms with Gasteiger partial charge in [0.25, 0.3) is 17.7 Å². The van der Waals surface area contributed by atoms with Crippen LogP contribution >= 0.6 is 11.6 Å². The van der Waals surface area contributed by atoms with Gasteiger partial charge in [0.15, 0.2) is 0 Å². The largest absolute Gasteiger partial charge is 0.372 e. The normalized spacial score (nSPS) is 23.2. The van der Waals surface area contributed by atoms with E-state index in [4.69, 9.17) is 11.6 Å². The molecule has 0 spiro atoms. The van der Waals surface area contributed by atoms with Crippen molar-refractivity contribution in [2.24, 2.45) is 0 Å². The highest BCUT2D eigenvalue weighted by Crippen LogP contribution is 2.34. The van der Waals surface area contributed by atoms with Gasteiger partial charge >= 0.3 is 0 Å². The number of amides is 5. The number of imide groups is 2. The van der Waals surface area contributed by atoms with Crippen LogP contribution in [0, 0.1) is 11.3 Å². The Bertz CT molecular complexity index is 2100. The molecule has 5 aliphatic rings. The standard InChI is InChI=1S/C42H44ClN7O5/c1-47(33-9-4-27(23-44)36(43)22-33)30-10-5-29(6-11-30)45-39(52)25-2-7-31(8-3-25)48-18-15-32(16-19-48)49-17-14-26-20-34-35(21-28(26)24-49)42(55)50(41(34)54)37-12-13-38(51)46-40(37)53/h2-4,7-9,20-22,29-30,32,37H,5-6,10-19,24H2,1H3,(H,45,52)(H,46,51,53). The minimum Gasteiger partial charge on any atom is -0.372 e. The molecule has 3 aromatic rings. The Balaban J connectivity index is 0.814. The molecular weight excluding hydrogens is 718 g/mol. The van der Waals surface area contributed by atoms with Crippen LogP contribution in [-0.4, -0.2) is 90.2 Å². The Morgan fingerprint density at radius 3 is 2.20 bits per heavy atom. The predicted octanol–water partition coefficient (Wildman–Crippen LogP) is 4.82. The number of anilines is 2. The lowest BCUT2D eigenvalue weighted by atomic mass is 9.90. The highest BCUT2D eigenvalue weighted by Gasteiger charge is 2.45. The third-order valence-electron chi connectivity index (χ3n) is 12.3. The molecule has 2 saturated heterocycles. The fourth-order valence-corrected chi connectivity index (χ4v) is 9.29. The van der Waals surface area contributed by atoms with E-state index in [1.165, 1.54) is 0 Å². The third kappa shape index (κ3) is 7.19. The van der Waals surface area contributed by atoms with Crippen LogP contribution in [0.5, 0.6) is 0 Å². The maximum atomic E-state index is 13.4. The van der Waals surface area contributed by atoms with Crippen LogP contribution in [-0.2, 0) is 22.6 Å². The minimum atomic E-state index is -0.968. The molecule has 1 unspecified atom stereocenters. The van der Waals surface area contributed by atoms with E-state index in [1.807, 2.05) is 48.5 Å². The minimum absolute atomic E-state index is 0.0493. The molecule has 3 aromatic carbocycles. The van der Waals surface area contributed by atoms with Gasteiger partial charge in [0.2, 0.25) is 11.8 Å². The lowest BCUT2D eigenvalue weighted by molar-refractivity contribution is -0.136. The van der Waals surface area contributed by atoms with Crippen LogP contribution in [0.2, 0.25) is 5.02 Å². The quantitative estimate of drug-likeness (QED) is 0.324. The number of hydrogen-bond acceptors (Lipinski definition) is 9. The van der Waals surface area contributed by atoms with E-state index in [2.05, 4.69) is 38.5 Å². The van der Waals surface area contributed by atoms with Crippen LogP contribution in [0.15, 0.2) is 54.6 Å². The van der Waals surface area contributed by atoms with Crippen molar-refractivity contribution in [3.05, 3.63) is 93.0 Å². The molecule has 2 N–H and O–H groups in total. The van der Waals surface area contributed by atoms with Crippen molar-refractivity contribution in [1.82, 2.24) is 20.4 Å². The first kappa shape index (κ1) is 36.7. The second kappa shape index (κ2) is 15.1. The van der Waals surface area contributed by atoms with Crippen LogP contribution in [0.1, 0.15) is 99.1 Å². The average molecular weight is 762 g/mol. The van der Waals surface area contributed by atoms with Crippen molar-refractivity contribution >= 4 is 52.5 Å². The molecule has 13 heteroatoms. The highest BCUT2D eigenvalue weighted by molar-refractivity contribution is 6.32. The van der Waals surface area contributed by atoms with Gasteiger partial charge in [-0.25, -0.2) is 0 Å². The second-order valence-electron chi connectivity index (χ2n) is 15.5. The third-order valence-corrected chi connectivity index (χ3v) is 12.7. The van der Waals surface area contributed by atoms with Crippen molar-refractivity contribution in [2.75, 3.05) is 36.5 Å². The number of nitriles is 1. The van der Waals surface area contributed by atoms with E-state index in [9.17, 15) is 29.2 Å². The molecule has 1 saturated carbocycles. The monoisotopic (exact) mass is 761 g/mol. The van der Waals surface area contributed by atoms with Crippen LogP contribution in [0.3, 0.4) is 0 Å². The SMILES string of the molecule is CN(c1ccc(C#N)c(Cl)c1)C1CCC(NC(=O)c2ccc(N3CCC(N4CCc5cc6c(cc5C4)C(=O)N(C4CCC(=O)NC4=O)C6=O)CC3)cc2)CC1. The molecule has 284 valence electrons. The first-order valence-corrected chi connectivity index (χ1v) is 19.7. The van der Waals surface area contributed by atoms with Crippen molar-refractivity contribution < 1.29 is 24.0 Å². The van der Waals surface area contributed by atoms with Gasteiger partial charge in [-0.3, -0.25) is 39.1 Å².